The standard InChI is InChI=1S/C30H25Cl2N3O7/c31-23-11-20(13-33-26(14-36)30(38)39)27(40-15-17-7-8-24-25(9-17)35-42-34-24)12-28(23)41-16-19-4-2-6-22(29(19)32)18-3-1-5-21(37)10-18/h1-12,26,33,36-37H,13-16H2,(H,38,39)/t26-/m1/s1. The van der Waals surface area contributed by atoms with Crippen LogP contribution < -0.4 is 14.8 Å². The minimum Gasteiger partial charge on any atom is -0.508 e. The minimum absolute atomic E-state index is 0.0525. The van der Waals surface area contributed by atoms with Crippen molar-refractivity contribution in [2.75, 3.05) is 6.61 Å². The smallest absolute Gasteiger partial charge is 0.323 e. The van der Waals surface area contributed by atoms with Gasteiger partial charge in [-0.2, -0.15) is 0 Å². The molecule has 5 rings (SSSR count). The van der Waals surface area contributed by atoms with Crippen LogP contribution >= 0.6 is 23.2 Å². The maximum absolute atomic E-state index is 11.4. The van der Waals surface area contributed by atoms with Gasteiger partial charge in [-0.05, 0) is 51.8 Å². The molecule has 1 atom stereocenters. The predicted molar refractivity (Wildman–Crippen MR) is 156 cm³/mol. The van der Waals surface area contributed by atoms with Gasteiger partial charge in [-0.1, -0.05) is 59.6 Å². The number of aromatic nitrogens is 2. The van der Waals surface area contributed by atoms with E-state index in [9.17, 15) is 20.1 Å². The number of ether oxygens (including phenoxy) is 2. The Kier molecular flexibility index (Phi) is 9.09. The van der Waals surface area contributed by atoms with Gasteiger partial charge in [-0.15, -0.1) is 0 Å². The number of benzene rings is 4. The molecule has 10 nitrogen and oxygen atoms in total. The second-order valence-electron chi connectivity index (χ2n) is 9.34. The van der Waals surface area contributed by atoms with E-state index in [0.717, 1.165) is 16.7 Å². The summed E-state index contributed by atoms with van der Waals surface area (Å²) in [6.07, 6.45) is 0. The van der Waals surface area contributed by atoms with Crippen LogP contribution in [-0.4, -0.2) is 44.3 Å². The number of aromatic hydroxyl groups is 1. The molecule has 12 heteroatoms. The van der Waals surface area contributed by atoms with Gasteiger partial charge in [0.1, 0.15) is 47.5 Å². The fourth-order valence-corrected chi connectivity index (χ4v) is 4.77. The molecule has 0 saturated carbocycles. The number of hydrogen-bond acceptors (Lipinski definition) is 9. The Labute approximate surface area is 250 Å². The van der Waals surface area contributed by atoms with Crippen molar-refractivity contribution in [1.82, 2.24) is 15.6 Å². The van der Waals surface area contributed by atoms with Crippen molar-refractivity contribution < 1.29 is 34.2 Å². The quantitative estimate of drug-likeness (QED) is 0.141. The number of nitrogens with zero attached hydrogens (tertiary/aromatic N) is 2. The lowest BCUT2D eigenvalue weighted by atomic mass is 10.0. The molecule has 216 valence electrons. The fraction of sp³-hybridized carbons (Fsp3) is 0.167. The van der Waals surface area contributed by atoms with E-state index >= 15 is 0 Å². The molecule has 0 fully saturated rings. The normalized spacial score (nSPS) is 11.9. The van der Waals surface area contributed by atoms with E-state index in [1.165, 1.54) is 0 Å². The van der Waals surface area contributed by atoms with Crippen LogP contribution in [-0.2, 0) is 24.6 Å². The molecule has 42 heavy (non-hydrogen) atoms. The van der Waals surface area contributed by atoms with E-state index in [-0.39, 0.29) is 30.5 Å². The number of aliphatic hydroxyl groups excluding tert-OH is 1. The van der Waals surface area contributed by atoms with Gasteiger partial charge in [0, 0.05) is 29.3 Å². The lowest BCUT2D eigenvalue weighted by molar-refractivity contribution is -0.140. The highest BCUT2D eigenvalue weighted by atomic mass is 35.5. The zero-order valence-corrected chi connectivity index (χ0v) is 23.5. The Morgan fingerprint density at radius 2 is 1.69 bits per heavy atom. The van der Waals surface area contributed by atoms with Crippen LogP contribution in [0.25, 0.3) is 22.2 Å². The topological polar surface area (TPSA) is 147 Å². The minimum atomic E-state index is -1.19. The number of fused-ring (bicyclic) bond motifs is 1. The van der Waals surface area contributed by atoms with Crippen LogP contribution in [0, 0.1) is 0 Å². The number of phenolic OH excluding ortho intramolecular Hbond substituents is 1. The highest BCUT2D eigenvalue weighted by Gasteiger charge is 2.19. The first-order chi connectivity index (χ1) is 20.3. The zero-order valence-electron chi connectivity index (χ0n) is 22.0. The number of halogens is 2. The molecule has 0 saturated heterocycles. The highest BCUT2D eigenvalue weighted by molar-refractivity contribution is 6.34. The van der Waals surface area contributed by atoms with E-state index in [4.69, 9.17) is 37.3 Å². The van der Waals surface area contributed by atoms with Crippen molar-refractivity contribution in [3.63, 3.8) is 0 Å². The van der Waals surface area contributed by atoms with Crippen molar-refractivity contribution >= 4 is 40.2 Å². The average Bonchev–Trinajstić information content (AvgIpc) is 3.45. The number of carboxylic acid groups (broad SMARTS) is 1. The SMILES string of the molecule is O=C(O)[C@@H](CO)NCc1cc(Cl)c(OCc2cccc(-c3cccc(O)c3)c2Cl)cc1OCc1ccc2nonc2c1. The van der Waals surface area contributed by atoms with Gasteiger partial charge < -0.3 is 24.8 Å². The predicted octanol–water partition coefficient (Wildman–Crippen LogP) is 5.60. The molecule has 1 aromatic heterocycles. The summed E-state index contributed by atoms with van der Waals surface area (Å²) in [5, 5.41) is 39.8. The zero-order chi connectivity index (χ0) is 29.6. The summed E-state index contributed by atoms with van der Waals surface area (Å²) in [6.45, 7) is -0.299. The maximum atomic E-state index is 11.4. The number of aliphatic carboxylic acids is 1. The number of hydrogen-bond donors (Lipinski definition) is 4. The summed E-state index contributed by atoms with van der Waals surface area (Å²) in [4.78, 5) is 11.4. The van der Waals surface area contributed by atoms with Gasteiger partial charge >= 0.3 is 5.97 Å². The second kappa shape index (κ2) is 13.1. The molecule has 0 aliphatic carbocycles. The van der Waals surface area contributed by atoms with E-state index in [1.54, 1.807) is 42.5 Å². The van der Waals surface area contributed by atoms with Gasteiger partial charge in [0.05, 0.1) is 16.7 Å². The van der Waals surface area contributed by atoms with Gasteiger partial charge in [-0.25, -0.2) is 4.63 Å². The third-order valence-corrected chi connectivity index (χ3v) is 7.21. The molecule has 0 bridgehead atoms. The van der Waals surface area contributed by atoms with E-state index in [1.807, 2.05) is 30.3 Å². The Morgan fingerprint density at radius 1 is 0.905 bits per heavy atom. The fourth-order valence-electron chi connectivity index (χ4n) is 4.24. The lowest BCUT2D eigenvalue weighted by Gasteiger charge is -2.18. The van der Waals surface area contributed by atoms with Crippen molar-refractivity contribution in [2.45, 2.75) is 25.8 Å². The van der Waals surface area contributed by atoms with E-state index in [0.29, 0.717) is 38.7 Å². The van der Waals surface area contributed by atoms with Crippen LogP contribution in [0.4, 0.5) is 0 Å². The molecule has 0 aliphatic rings. The monoisotopic (exact) mass is 609 g/mol. The van der Waals surface area contributed by atoms with Crippen LogP contribution in [0.15, 0.2) is 77.4 Å². The van der Waals surface area contributed by atoms with Crippen LogP contribution in [0.2, 0.25) is 10.0 Å². The average molecular weight is 610 g/mol. The largest absolute Gasteiger partial charge is 0.508 e. The molecule has 0 aliphatic heterocycles. The third-order valence-electron chi connectivity index (χ3n) is 6.47. The van der Waals surface area contributed by atoms with Gasteiger partial charge in [0.15, 0.2) is 0 Å². The van der Waals surface area contributed by atoms with E-state index < -0.39 is 18.6 Å². The molecular formula is C30H25Cl2N3O7. The molecule has 0 spiro atoms. The Morgan fingerprint density at radius 3 is 2.48 bits per heavy atom. The maximum Gasteiger partial charge on any atom is 0.323 e. The summed E-state index contributed by atoms with van der Waals surface area (Å²) < 4.78 is 16.9. The first kappa shape index (κ1) is 29.2. The molecule has 0 radical (unpaired) electrons. The van der Waals surface area contributed by atoms with Crippen LogP contribution in [0.1, 0.15) is 16.7 Å². The Bertz CT molecular complexity index is 1730. The highest BCUT2D eigenvalue weighted by Crippen LogP contribution is 2.36. The Balaban J connectivity index is 1.39. The Hall–Kier alpha value is -4.35. The molecular weight excluding hydrogens is 585 g/mol. The molecule has 1 heterocycles. The summed E-state index contributed by atoms with van der Waals surface area (Å²) in [5.41, 5.74) is 4.74. The number of nitrogens with one attached hydrogen (secondary N) is 1. The second-order valence-corrected chi connectivity index (χ2v) is 10.1. The van der Waals surface area contributed by atoms with Crippen molar-refractivity contribution in [3.05, 3.63) is 99.5 Å². The van der Waals surface area contributed by atoms with Crippen LogP contribution in [0.3, 0.4) is 0 Å². The molecule has 0 unspecified atom stereocenters. The number of aliphatic hydroxyl groups is 1. The summed E-state index contributed by atoms with van der Waals surface area (Å²) in [5.74, 6) is -0.347. The van der Waals surface area contributed by atoms with Crippen molar-refractivity contribution in [1.29, 1.82) is 0 Å². The lowest BCUT2D eigenvalue weighted by Crippen LogP contribution is -2.39. The van der Waals surface area contributed by atoms with Crippen LogP contribution in [0.5, 0.6) is 17.2 Å². The summed E-state index contributed by atoms with van der Waals surface area (Å²) >= 11 is 13.3. The first-order valence-corrected chi connectivity index (χ1v) is 13.5. The first-order valence-electron chi connectivity index (χ1n) is 12.8. The third kappa shape index (κ3) is 6.75. The molecule has 5 aromatic rings. The number of carboxylic acids is 1. The summed E-state index contributed by atoms with van der Waals surface area (Å²) in [6, 6.07) is 19.8. The number of rotatable bonds is 12. The molecule has 0 amide bonds. The van der Waals surface area contributed by atoms with Gasteiger partial charge in [-0.3, -0.25) is 10.1 Å². The van der Waals surface area contributed by atoms with Gasteiger partial charge in [0.2, 0.25) is 0 Å². The number of carbonyl (C=O) groups is 1. The molecule has 4 aromatic carbocycles. The van der Waals surface area contributed by atoms with E-state index in [2.05, 4.69) is 15.6 Å². The van der Waals surface area contributed by atoms with Gasteiger partial charge in [0.25, 0.3) is 0 Å². The summed E-state index contributed by atoms with van der Waals surface area (Å²) in [7, 11) is 0. The number of phenols is 1. The molecule has 4 N–H and O–H groups in total. The van der Waals surface area contributed by atoms with Crippen molar-refractivity contribution in [2.24, 2.45) is 0 Å². The van der Waals surface area contributed by atoms with Crippen molar-refractivity contribution in [3.8, 4) is 28.4 Å².